The van der Waals surface area contributed by atoms with Crippen molar-refractivity contribution in [1.82, 2.24) is 9.80 Å². The molecule has 1 aliphatic heterocycles. The van der Waals surface area contributed by atoms with Crippen molar-refractivity contribution < 1.29 is 13.5 Å². The summed E-state index contributed by atoms with van der Waals surface area (Å²) in [5.41, 5.74) is 0.939. The zero-order valence-corrected chi connectivity index (χ0v) is 14.2. The van der Waals surface area contributed by atoms with Gasteiger partial charge in [0.25, 0.3) is 0 Å². The largest absolute Gasteiger partial charge is 0.387 e. The number of benzene rings is 1. The van der Waals surface area contributed by atoms with Gasteiger partial charge in [0, 0.05) is 45.0 Å². The molecule has 0 radical (unpaired) electrons. The minimum Gasteiger partial charge on any atom is -0.387 e. The molecule has 1 aromatic carbocycles. The van der Waals surface area contributed by atoms with Crippen molar-refractivity contribution in [1.29, 1.82) is 0 Å². The van der Waals surface area contributed by atoms with Crippen LogP contribution in [0, 0.1) is 0 Å². The molecule has 0 aromatic heterocycles. The minimum absolute atomic E-state index is 0.215. The summed E-state index contributed by atoms with van der Waals surface area (Å²) in [5.74, 6) is 0.215. The number of sulfone groups is 1. The highest BCUT2D eigenvalue weighted by atomic mass is 32.2. The second kappa shape index (κ2) is 7.55. The van der Waals surface area contributed by atoms with Crippen LogP contribution in [0.1, 0.15) is 18.6 Å². The molecule has 5 nitrogen and oxygen atoms in total. The highest BCUT2D eigenvalue weighted by molar-refractivity contribution is 7.90. The molecule has 2 atom stereocenters. The van der Waals surface area contributed by atoms with Crippen LogP contribution in [0.5, 0.6) is 0 Å². The van der Waals surface area contributed by atoms with Crippen molar-refractivity contribution in [2.24, 2.45) is 0 Å². The lowest BCUT2D eigenvalue weighted by molar-refractivity contribution is 0.0410. The molecule has 2 rings (SSSR count). The predicted molar refractivity (Wildman–Crippen MR) is 88.6 cm³/mol. The van der Waals surface area contributed by atoms with E-state index in [1.165, 1.54) is 6.26 Å². The average molecular weight is 326 g/mol. The van der Waals surface area contributed by atoms with Gasteiger partial charge in [-0.05, 0) is 12.5 Å². The third-order valence-corrected chi connectivity index (χ3v) is 5.14. The summed E-state index contributed by atoms with van der Waals surface area (Å²) in [6.07, 6.45) is 0.800. The summed E-state index contributed by atoms with van der Waals surface area (Å²) in [6, 6.07) is 10.0. The molecular weight excluding hydrogens is 300 g/mol. The molecule has 1 saturated heterocycles. The maximum absolute atomic E-state index is 11.3. The zero-order valence-electron chi connectivity index (χ0n) is 13.4. The van der Waals surface area contributed by atoms with E-state index < -0.39 is 15.9 Å². The Morgan fingerprint density at radius 2 is 1.95 bits per heavy atom. The lowest BCUT2D eigenvalue weighted by Gasteiger charge is -2.40. The van der Waals surface area contributed by atoms with Gasteiger partial charge in [0.1, 0.15) is 9.84 Å². The number of nitrogens with zero attached hydrogens (tertiary/aromatic N) is 2. The first-order valence-electron chi connectivity index (χ1n) is 7.72. The van der Waals surface area contributed by atoms with Gasteiger partial charge in [-0.3, -0.25) is 9.80 Å². The van der Waals surface area contributed by atoms with Gasteiger partial charge in [0.05, 0.1) is 11.9 Å². The molecule has 0 saturated carbocycles. The van der Waals surface area contributed by atoms with Gasteiger partial charge in [-0.2, -0.15) is 0 Å². The first-order chi connectivity index (χ1) is 10.3. The second-order valence-corrected chi connectivity index (χ2v) is 8.46. The van der Waals surface area contributed by atoms with Crippen LogP contribution in [0.4, 0.5) is 0 Å². The molecular formula is C16H26N2O3S. The molecule has 1 N–H and O–H groups in total. The first kappa shape index (κ1) is 17.4. The lowest BCUT2D eigenvalue weighted by atomic mass is 10.1. The maximum atomic E-state index is 11.3. The molecule has 1 aliphatic rings. The number of hydrogen-bond acceptors (Lipinski definition) is 5. The first-order valence-corrected chi connectivity index (χ1v) is 9.78. The van der Waals surface area contributed by atoms with E-state index in [2.05, 4.69) is 16.7 Å². The molecule has 124 valence electrons. The highest BCUT2D eigenvalue weighted by Crippen LogP contribution is 2.17. The van der Waals surface area contributed by atoms with Crippen LogP contribution in [-0.4, -0.2) is 74.1 Å². The Bertz CT molecular complexity index is 562. The second-order valence-electron chi connectivity index (χ2n) is 6.20. The third-order valence-electron chi connectivity index (χ3n) is 4.22. The van der Waals surface area contributed by atoms with Gasteiger partial charge >= 0.3 is 0 Å². The molecule has 1 fully saturated rings. The Labute approximate surface area is 133 Å². The molecule has 1 heterocycles. The van der Waals surface area contributed by atoms with Crippen molar-refractivity contribution in [2.45, 2.75) is 19.1 Å². The number of piperazine rings is 1. The van der Waals surface area contributed by atoms with E-state index in [4.69, 9.17) is 0 Å². The van der Waals surface area contributed by atoms with E-state index in [0.29, 0.717) is 19.1 Å². The fourth-order valence-electron chi connectivity index (χ4n) is 2.84. The van der Waals surface area contributed by atoms with Gasteiger partial charge in [-0.25, -0.2) is 8.42 Å². The fraction of sp³-hybridized carbons (Fsp3) is 0.625. The number of hydrogen-bond donors (Lipinski definition) is 1. The molecule has 0 amide bonds. The van der Waals surface area contributed by atoms with Crippen LogP contribution in [0.3, 0.4) is 0 Å². The molecule has 0 spiro atoms. The Kier molecular flexibility index (Phi) is 5.97. The van der Waals surface area contributed by atoms with Crippen molar-refractivity contribution in [3.05, 3.63) is 35.9 Å². The number of β-amino-alcohol motifs (C(OH)–C–C–N with tert-alkyl or cyclic N) is 1. The normalized spacial score (nSPS) is 22.6. The van der Waals surface area contributed by atoms with Gasteiger partial charge in [-0.1, -0.05) is 30.3 Å². The summed E-state index contributed by atoms with van der Waals surface area (Å²) < 4.78 is 22.5. The van der Waals surface area contributed by atoms with Crippen molar-refractivity contribution >= 4 is 9.84 Å². The van der Waals surface area contributed by atoms with Crippen LogP contribution in [0.15, 0.2) is 30.3 Å². The molecule has 6 heteroatoms. The monoisotopic (exact) mass is 326 g/mol. The third kappa shape index (κ3) is 5.35. The quantitative estimate of drug-likeness (QED) is 0.837. The molecule has 0 unspecified atom stereocenters. The van der Waals surface area contributed by atoms with Crippen LogP contribution >= 0.6 is 0 Å². The van der Waals surface area contributed by atoms with E-state index in [1.807, 2.05) is 30.3 Å². The Morgan fingerprint density at radius 1 is 1.27 bits per heavy atom. The maximum Gasteiger partial charge on any atom is 0.148 e. The average Bonchev–Trinajstić information content (AvgIpc) is 2.47. The van der Waals surface area contributed by atoms with Gasteiger partial charge in [0.2, 0.25) is 0 Å². The summed E-state index contributed by atoms with van der Waals surface area (Å²) in [7, 11) is -2.90. The van der Waals surface area contributed by atoms with Gasteiger partial charge in [0.15, 0.2) is 0 Å². The van der Waals surface area contributed by atoms with E-state index in [1.54, 1.807) is 0 Å². The minimum atomic E-state index is -2.90. The van der Waals surface area contributed by atoms with Crippen molar-refractivity contribution in [3.63, 3.8) is 0 Å². The topological polar surface area (TPSA) is 60.9 Å². The number of rotatable bonds is 6. The SMILES string of the molecule is C[C@H]1CN(CCS(C)(=O)=O)CCN1C[C@H](O)c1ccccc1. The van der Waals surface area contributed by atoms with E-state index >= 15 is 0 Å². The Balaban J connectivity index is 1.83. The summed E-state index contributed by atoms with van der Waals surface area (Å²) >= 11 is 0. The van der Waals surface area contributed by atoms with Crippen molar-refractivity contribution in [3.8, 4) is 0 Å². The smallest absolute Gasteiger partial charge is 0.148 e. The van der Waals surface area contributed by atoms with Gasteiger partial charge in [-0.15, -0.1) is 0 Å². The van der Waals surface area contributed by atoms with Crippen LogP contribution < -0.4 is 0 Å². The van der Waals surface area contributed by atoms with Crippen LogP contribution in [-0.2, 0) is 9.84 Å². The summed E-state index contributed by atoms with van der Waals surface area (Å²) in [5, 5.41) is 10.3. The molecule has 22 heavy (non-hydrogen) atoms. The zero-order chi connectivity index (χ0) is 16.2. The molecule has 0 bridgehead atoms. The van der Waals surface area contributed by atoms with Crippen LogP contribution in [0.25, 0.3) is 0 Å². The van der Waals surface area contributed by atoms with Crippen LogP contribution in [0.2, 0.25) is 0 Å². The fourth-order valence-corrected chi connectivity index (χ4v) is 3.43. The highest BCUT2D eigenvalue weighted by Gasteiger charge is 2.25. The van der Waals surface area contributed by atoms with E-state index in [-0.39, 0.29) is 5.75 Å². The number of aliphatic hydroxyl groups excluding tert-OH is 1. The lowest BCUT2D eigenvalue weighted by Crippen LogP contribution is -2.53. The summed E-state index contributed by atoms with van der Waals surface area (Å²) in [4.78, 5) is 4.46. The standard InChI is InChI=1S/C16H26N2O3S/c1-14-12-17(10-11-22(2,20)21)8-9-18(14)13-16(19)15-6-4-3-5-7-15/h3-7,14,16,19H,8-13H2,1-2H3/t14-,16-/m0/s1. The molecule has 0 aliphatic carbocycles. The Morgan fingerprint density at radius 3 is 2.55 bits per heavy atom. The van der Waals surface area contributed by atoms with Gasteiger partial charge < -0.3 is 5.11 Å². The van der Waals surface area contributed by atoms with E-state index in [0.717, 1.165) is 25.2 Å². The summed E-state index contributed by atoms with van der Waals surface area (Å²) in [6.45, 7) is 5.89. The van der Waals surface area contributed by atoms with E-state index in [9.17, 15) is 13.5 Å². The number of aliphatic hydroxyl groups is 1. The van der Waals surface area contributed by atoms with Crippen molar-refractivity contribution in [2.75, 3.05) is 44.7 Å². The Hall–Kier alpha value is -0.950. The predicted octanol–water partition coefficient (Wildman–Crippen LogP) is 0.771. The molecule has 1 aromatic rings.